The molecular weight excluding hydrogens is 819 g/mol. The fraction of sp³-hybridized carbons (Fsp3) is 0.500. The third-order valence-electron chi connectivity index (χ3n) is 13.0. The molecule has 0 saturated carbocycles. The first kappa shape index (κ1) is 48.8. The number of aliphatic imine (C=N–C) groups is 1. The van der Waals surface area contributed by atoms with Crippen molar-refractivity contribution >= 4 is 40.8 Å². The van der Waals surface area contributed by atoms with Crippen molar-refractivity contribution in [2.24, 2.45) is 22.2 Å². The minimum Gasteiger partial charge on any atom is -0.467 e. The SMILES string of the molecule is C=CC(=O)N(CC)CC1=NC(C(C(=O)NC(Cc2cccc(-c3ccc4c(c3)c(CC(C)(C)COC=O)c(-c3cccnc3C(C)OC)n4CC)c2)C(=O)N2CCCCN2)C(C)C)CC1. The number of methoxy groups -OCH3 is 1. The van der Waals surface area contributed by atoms with Gasteiger partial charge in [-0.1, -0.05) is 64.6 Å². The number of carbonyl (C=O) groups is 4. The molecule has 0 aliphatic carbocycles. The third-order valence-corrected chi connectivity index (χ3v) is 13.0. The maximum atomic E-state index is 14.4. The van der Waals surface area contributed by atoms with Crippen LogP contribution in [0.15, 0.2) is 78.4 Å². The molecule has 2 aromatic heterocycles. The molecule has 0 spiro atoms. The van der Waals surface area contributed by atoms with Gasteiger partial charge in [0.2, 0.25) is 11.8 Å². The molecule has 13 heteroatoms. The number of ether oxygens (including phenoxy) is 2. The largest absolute Gasteiger partial charge is 0.467 e. The Balaban J connectivity index is 1.36. The maximum absolute atomic E-state index is 14.4. The van der Waals surface area contributed by atoms with Gasteiger partial charge in [-0.25, -0.2) is 5.43 Å². The van der Waals surface area contributed by atoms with E-state index in [4.69, 9.17) is 19.5 Å². The van der Waals surface area contributed by atoms with Crippen molar-refractivity contribution in [2.45, 2.75) is 112 Å². The van der Waals surface area contributed by atoms with Crippen LogP contribution < -0.4 is 10.7 Å². The van der Waals surface area contributed by atoms with Crippen LogP contribution in [0.3, 0.4) is 0 Å². The average molecular weight is 888 g/mol. The van der Waals surface area contributed by atoms with Gasteiger partial charge in [-0.15, -0.1) is 0 Å². The molecule has 348 valence electrons. The van der Waals surface area contributed by atoms with Crippen LogP contribution in [-0.2, 0) is 48.0 Å². The first-order valence-electron chi connectivity index (χ1n) is 23.3. The van der Waals surface area contributed by atoms with Gasteiger partial charge in [-0.3, -0.25) is 34.2 Å². The van der Waals surface area contributed by atoms with Gasteiger partial charge in [0.05, 0.1) is 42.6 Å². The summed E-state index contributed by atoms with van der Waals surface area (Å²) < 4.78 is 13.5. The van der Waals surface area contributed by atoms with E-state index < -0.39 is 12.0 Å². The van der Waals surface area contributed by atoms with Crippen molar-refractivity contribution < 1.29 is 28.7 Å². The Morgan fingerprint density at radius 2 is 1.85 bits per heavy atom. The summed E-state index contributed by atoms with van der Waals surface area (Å²) in [6, 6.07) is 17.8. The van der Waals surface area contributed by atoms with Crippen molar-refractivity contribution in [1.82, 2.24) is 30.2 Å². The summed E-state index contributed by atoms with van der Waals surface area (Å²) in [5, 5.41) is 5.98. The van der Waals surface area contributed by atoms with E-state index in [-0.39, 0.29) is 47.8 Å². The third kappa shape index (κ3) is 11.4. The molecule has 2 N–H and O–H groups in total. The molecule has 2 aromatic carbocycles. The van der Waals surface area contributed by atoms with Crippen LogP contribution in [0.2, 0.25) is 0 Å². The number of pyridine rings is 1. The van der Waals surface area contributed by atoms with Gasteiger partial charge in [0.1, 0.15) is 6.04 Å². The number of aromatic nitrogens is 2. The van der Waals surface area contributed by atoms with E-state index in [1.165, 1.54) is 6.08 Å². The lowest BCUT2D eigenvalue weighted by molar-refractivity contribution is -0.141. The van der Waals surface area contributed by atoms with Gasteiger partial charge in [-0.2, -0.15) is 0 Å². The van der Waals surface area contributed by atoms with Gasteiger partial charge in [0, 0.05) is 73.5 Å². The van der Waals surface area contributed by atoms with Crippen molar-refractivity contribution in [1.29, 1.82) is 0 Å². The minimum absolute atomic E-state index is 0.0356. The molecule has 0 radical (unpaired) electrons. The zero-order chi connectivity index (χ0) is 46.8. The van der Waals surface area contributed by atoms with Crippen molar-refractivity contribution in [3.63, 3.8) is 0 Å². The smallest absolute Gasteiger partial charge is 0.293 e. The van der Waals surface area contributed by atoms with Gasteiger partial charge in [0.25, 0.3) is 12.4 Å². The summed E-state index contributed by atoms with van der Waals surface area (Å²) in [5.74, 6) is -0.987. The van der Waals surface area contributed by atoms with E-state index >= 15 is 0 Å². The molecule has 13 nitrogen and oxygen atoms in total. The zero-order valence-corrected chi connectivity index (χ0v) is 39.7. The normalized spacial score (nSPS) is 16.8. The Morgan fingerprint density at radius 1 is 1.06 bits per heavy atom. The van der Waals surface area contributed by atoms with Gasteiger partial charge in [0.15, 0.2) is 0 Å². The molecule has 1 fully saturated rings. The molecule has 3 amide bonds. The number of carbonyl (C=O) groups excluding carboxylic acids is 4. The first-order chi connectivity index (χ1) is 31.2. The maximum Gasteiger partial charge on any atom is 0.293 e. The number of likely N-dealkylation sites (N-methyl/N-ethyl adjacent to an activating group) is 1. The van der Waals surface area contributed by atoms with E-state index in [0.29, 0.717) is 58.3 Å². The Hall–Kier alpha value is -5.66. The number of aryl methyl sites for hydroxylation is 1. The lowest BCUT2D eigenvalue weighted by atomic mass is 9.84. The summed E-state index contributed by atoms with van der Waals surface area (Å²) in [4.78, 5) is 64.1. The Labute approximate surface area is 385 Å². The van der Waals surface area contributed by atoms with Crippen LogP contribution >= 0.6 is 0 Å². The van der Waals surface area contributed by atoms with Crippen LogP contribution in [0.1, 0.15) is 97.1 Å². The van der Waals surface area contributed by atoms with Crippen molar-refractivity contribution in [3.8, 4) is 22.4 Å². The number of hydrazine groups is 1. The highest BCUT2D eigenvalue weighted by Crippen LogP contribution is 2.42. The second-order valence-electron chi connectivity index (χ2n) is 18.6. The van der Waals surface area contributed by atoms with Gasteiger partial charge in [-0.05, 0) is 111 Å². The Bertz CT molecular complexity index is 2360. The molecule has 2 aliphatic heterocycles. The second-order valence-corrected chi connectivity index (χ2v) is 18.6. The van der Waals surface area contributed by atoms with E-state index in [1.807, 2.05) is 45.9 Å². The number of hydrogen-bond donors (Lipinski definition) is 2. The monoisotopic (exact) mass is 888 g/mol. The fourth-order valence-electron chi connectivity index (χ4n) is 9.58. The van der Waals surface area contributed by atoms with Crippen LogP contribution in [-0.4, -0.2) is 101 Å². The number of benzene rings is 2. The van der Waals surface area contributed by atoms with E-state index in [9.17, 15) is 19.2 Å². The van der Waals surface area contributed by atoms with Crippen LogP contribution in [0.4, 0.5) is 0 Å². The summed E-state index contributed by atoms with van der Waals surface area (Å²) in [7, 11) is 1.69. The van der Waals surface area contributed by atoms with Gasteiger partial charge >= 0.3 is 0 Å². The summed E-state index contributed by atoms with van der Waals surface area (Å²) in [6.07, 6.45) is 7.07. The predicted molar refractivity (Wildman–Crippen MR) is 257 cm³/mol. The number of rotatable bonds is 21. The first-order valence-corrected chi connectivity index (χ1v) is 23.3. The number of hydrogen-bond acceptors (Lipinski definition) is 9. The topological polar surface area (TPSA) is 147 Å². The van der Waals surface area contributed by atoms with Crippen LogP contribution in [0.5, 0.6) is 0 Å². The van der Waals surface area contributed by atoms with Crippen LogP contribution in [0.25, 0.3) is 33.3 Å². The standard InChI is InChI=1S/C52H69N7O6/c1-10-46(61)57(11-2)31-39-21-22-43(55-39)47(34(4)5)50(62)56-44(51(63)59-26-14-13-25-54-59)28-36-17-15-18-37(27-36)38-20-23-45-41(29-38)42(30-52(7,8)32-65-33-60)49(58(45)12-3)40-19-16-24-53-48(40)35(6)64-9/h10,15-20,23-24,27,29,33-35,43-44,47,54H,1,11-14,21-22,25-26,28,30-32H2,2-9H3,(H,56,62). The molecule has 65 heavy (non-hydrogen) atoms. The van der Waals surface area contributed by atoms with Crippen LogP contribution in [0, 0.1) is 17.3 Å². The molecule has 4 unspecified atom stereocenters. The molecule has 6 rings (SSSR count). The highest BCUT2D eigenvalue weighted by molar-refractivity contribution is 5.96. The van der Waals surface area contributed by atoms with Crippen molar-refractivity contribution in [2.75, 3.05) is 39.9 Å². The molecule has 4 atom stereocenters. The van der Waals surface area contributed by atoms with Crippen molar-refractivity contribution in [3.05, 3.63) is 90.3 Å². The molecule has 2 aliphatic rings. The summed E-state index contributed by atoms with van der Waals surface area (Å²) in [6.45, 7) is 21.7. The quantitative estimate of drug-likeness (QED) is 0.0635. The Kier molecular flexibility index (Phi) is 16.5. The predicted octanol–water partition coefficient (Wildman–Crippen LogP) is 7.90. The Morgan fingerprint density at radius 3 is 2.52 bits per heavy atom. The highest BCUT2D eigenvalue weighted by Gasteiger charge is 2.37. The second kappa shape index (κ2) is 22.0. The average Bonchev–Trinajstić information content (AvgIpc) is 3.90. The van der Waals surface area contributed by atoms with E-state index in [0.717, 1.165) is 75.2 Å². The van der Waals surface area contributed by atoms with E-state index in [2.05, 4.69) is 79.1 Å². The number of amides is 3. The lowest BCUT2D eigenvalue weighted by Crippen LogP contribution is -2.57. The highest BCUT2D eigenvalue weighted by atomic mass is 16.5. The number of nitrogens with one attached hydrogen (secondary N) is 2. The molecule has 1 saturated heterocycles. The molecule has 4 aromatic rings. The minimum atomic E-state index is -0.815. The molecular formula is C52H69N7O6. The van der Waals surface area contributed by atoms with Gasteiger partial charge < -0.3 is 24.3 Å². The summed E-state index contributed by atoms with van der Waals surface area (Å²) >= 11 is 0. The number of nitrogens with zero attached hydrogens (tertiary/aromatic N) is 5. The fourth-order valence-corrected chi connectivity index (χ4v) is 9.58. The molecule has 0 bridgehead atoms. The van der Waals surface area contributed by atoms with E-state index in [1.54, 1.807) is 23.2 Å². The molecule has 4 heterocycles. The zero-order valence-electron chi connectivity index (χ0n) is 39.7. The lowest BCUT2D eigenvalue weighted by Gasteiger charge is -2.33. The number of fused-ring (bicyclic) bond motifs is 1. The summed E-state index contributed by atoms with van der Waals surface area (Å²) in [5.41, 5.74) is 11.8.